The highest BCUT2D eigenvalue weighted by atomic mass is 32.1. The summed E-state index contributed by atoms with van der Waals surface area (Å²) in [6.45, 7) is -0.152. The van der Waals surface area contributed by atoms with Gasteiger partial charge in [0, 0.05) is 0 Å². The molecule has 0 spiro atoms. The highest BCUT2D eigenvalue weighted by Crippen LogP contribution is 2.33. The van der Waals surface area contributed by atoms with Crippen LogP contribution in [0.1, 0.15) is 0 Å². The van der Waals surface area contributed by atoms with Crippen LogP contribution in [-0.4, -0.2) is 15.5 Å². The van der Waals surface area contributed by atoms with Gasteiger partial charge in [-0.25, -0.2) is 9.78 Å². The summed E-state index contributed by atoms with van der Waals surface area (Å²) >= 11 is 1.43. The second-order valence-electron chi connectivity index (χ2n) is 6.45. The molecule has 142 valence electrons. The number of hydrogen-bond donors (Lipinski definition) is 0. The summed E-state index contributed by atoms with van der Waals surface area (Å²) in [5.41, 5.74) is 2.56. The average Bonchev–Trinajstić information content (AvgIpc) is 3.30. The molecule has 0 aliphatic heterocycles. The minimum absolute atomic E-state index is 0.152. The number of para-hydroxylation sites is 4. The molecule has 5 rings (SSSR count). The molecule has 7 heteroatoms. The third-order valence-electron chi connectivity index (χ3n) is 4.60. The van der Waals surface area contributed by atoms with Crippen molar-refractivity contribution >= 4 is 49.4 Å². The van der Waals surface area contributed by atoms with Crippen LogP contribution in [0.25, 0.3) is 21.3 Å². The number of hydrogen-bond acceptors (Lipinski definition) is 5. The standard InChI is InChI=1S/C22H15N3O3S/c26-20(14-24-17-11-5-6-12-18(17)28-22(24)27)25(15-8-2-1-3-9-15)21-23-16-10-4-7-13-19(16)29-21/h1-13H,14H2. The Morgan fingerprint density at radius 1 is 0.966 bits per heavy atom. The molecule has 29 heavy (non-hydrogen) atoms. The molecule has 0 saturated carbocycles. The molecule has 0 bridgehead atoms. The van der Waals surface area contributed by atoms with Crippen molar-refractivity contribution in [3.8, 4) is 0 Å². The zero-order chi connectivity index (χ0) is 19.8. The zero-order valence-electron chi connectivity index (χ0n) is 15.2. The van der Waals surface area contributed by atoms with Gasteiger partial charge in [-0.15, -0.1) is 0 Å². The minimum Gasteiger partial charge on any atom is -0.408 e. The second kappa shape index (κ2) is 7.03. The lowest BCUT2D eigenvalue weighted by molar-refractivity contribution is -0.118. The molecule has 1 amide bonds. The number of carbonyl (C=O) groups is 1. The van der Waals surface area contributed by atoms with Crippen LogP contribution in [0.2, 0.25) is 0 Å². The lowest BCUT2D eigenvalue weighted by Gasteiger charge is -2.20. The van der Waals surface area contributed by atoms with E-state index < -0.39 is 5.76 Å². The quantitative estimate of drug-likeness (QED) is 0.442. The first-order chi connectivity index (χ1) is 14.2. The maximum absolute atomic E-state index is 13.4. The molecular weight excluding hydrogens is 386 g/mol. The van der Waals surface area contributed by atoms with Crippen molar-refractivity contribution < 1.29 is 9.21 Å². The number of thiazole rings is 1. The average molecular weight is 401 g/mol. The second-order valence-corrected chi connectivity index (χ2v) is 7.46. The third-order valence-corrected chi connectivity index (χ3v) is 5.63. The van der Waals surface area contributed by atoms with E-state index in [1.165, 1.54) is 15.9 Å². The number of rotatable bonds is 4. The Morgan fingerprint density at radius 2 is 1.69 bits per heavy atom. The van der Waals surface area contributed by atoms with Crippen LogP contribution in [0.4, 0.5) is 10.8 Å². The van der Waals surface area contributed by atoms with E-state index in [2.05, 4.69) is 4.98 Å². The van der Waals surface area contributed by atoms with Gasteiger partial charge >= 0.3 is 5.76 Å². The van der Waals surface area contributed by atoms with Gasteiger partial charge in [0.2, 0.25) is 0 Å². The molecule has 0 aliphatic carbocycles. The van der Waals surface area contributed by atoms with E-state index in [1.807, 2.05) is 54.6 Å². The van der Waals surface area contributed by atoms with Crippen molar-refractivity contribution in [3.05, 3.63) is 89.4 Å². The fraction of sp³-hybridized carbons (Fsp3) is 0.0455. The van der Waals surface area contributed by atoms with Crippen LogP contribution < -0.4 is 10.7 Å². The van der Waals surface area contributed by atoms with Crippen molar-refractivity contribution in [1.82, 2.24) is 9.55 Å². The van der Waals surface area contributed by atoms with E-state index in [-0.39, 0.29) is 12.5 Å². The van der Waals surface area contributed by atoms with Crippen molar-refractivity contribution in [3.63, 3.8) is 0 Å². The van der Waals surface area contributed by atoms with Crippen LogP contribution in [0.5, 0.6) is 0 Å². The maximum atomic E-state index is 13.4. The van der Waals surface area contributed by atoms with Gasteiger partial charge < -0.3 is 4.42 Å². The van der Waals surface area contributed by atoms with Crippen LogP contribution in [0.15, 0.2) is 88.1 Å². The fourth-order valence-corrected chi connectivity index (χ4v) is 4.27. The van der Waals surface area contributed by atoms with Gasteiger partial charge in [0.25, 0.3) is 5.91 Å². The maximum Gasteiger partial charge on any atom is 0.420 e. The van der Waals surface area contributed by atoms with Crippen LogP contribution >= 0.6 is 11.3 Å². The first-order valence-electron chi connectivity index (χ1n) is 9.03. The molecule has 0 N–H and O–H groups in total. The minimum atomic E-state index is -0.558. The summed E-state index contributed by atoms with van der Waals surface area (Å²) < 4.78 is 7.60. The Bertz CT molecular complexity index is 1350. The summed E-state index contributed by atoms with van der Waals surface area (Å²) in [5, 5.41) is 0.559. The van der Waals surface area contributed by atoms with Gasteiger partial charge in [0.15, 0.2) is 10.7 Å². The van der Waals surface area contributed by atoms with Gasteiger partial charge in [-0.3, -0.25) is 14.3 Å². The Labute approximate surface area is 169 Å². The Hall–Kier alpha value is -3.71. The molecule has 2 aromatic heterocycles. The van der Waals surface area contributed by atoms with E-state index in [1.54, 1.807) is 29.2 Å². The van der Waals surface area contributed by atoms with E-state index in [0.29, 0.717) is 21.9 Å². The van der Waals surface area contributed by atoms with Gasteiger partial charge in [0.05, 0.1) is 21.4 Å². The lowest BCUT2D eigenvalue weighted by Crippen LogP contribution is -2.32. The summed E-state index contributed by atoms with van der Waals surface area (Å²) in [6.07, 6.45) is 0. The predicted octanol–water partition coefficient (Wildman–Crippen LogP) is 4.57. The topological polar surface area (TPSA) is 68.3 Å². The normalized spacial score (nSPS) is 11.2. The SMILES string of the molecule is O=C(Cn1c(=O)oc2ccccc21)N(c1ccccc1)c1nc2ccccc2s1. The molecule has 0 aliphatic rings. The molecule has 5 aromatic rings. The Morgan fingerprint density at radius 3 is 2.52 bits per heavy atom. The predicted molar refractivity (Wildman–Crippen MR) is 114 cm³/mol. The number of anilines is 2. The van der Waals surface area contributed by atoms with Crippen LogP contribution in [-0.2, 0) is 11.3 Å². The molecule has 0 unspecified atom stereocenters. The zero-order valence-corrected chi connectivity index (χ0v) is 16.0. The number of amides is 1. The molecule has 2 heterocycles. The molecular formula is C22H15N3O3S. The van der Waals surface area contributed by atoms with Crippen molar-refractivity contribution in [2.45, 2.75) is 6.54 Å². The molecule has 0 radical (unpaired) electrons. The number of fused-ring (bicyclic) bond motifs is 2. The van der Waals surface area contributed by atoms with E-state index in [9.17, 15) is 9.59 Å². The lowest BCUT2D eigenvalue weighted by atomic mass is 10.3. The van der Waals surface area contributed by atoms with E-state index in [4.69, 9.17) is 4.42 Å². The van der Waals surface area contributed by atoms with Gasteiger partial charge in [0.1, 0.15) is 6.54 Å². The fourth-order valence-electron chi connectivity index (χ4n) is 3.26. The van der Waals surface area contributed by atoms with Crippen LogP contribution in [0, 0.1) is 0 Å². The number of carbonyl (C=O) groups excluding carboxylic acids is 1. The number of aromatic nitrogens is 2. The summed E-state index contributed by atoms with van der Waals surface area (Å²) in [5.74, 6) is -0.833. The van der Waals surface area contributed by atoms with Crippen molar-refractivity contribution in [1.29, 1.82) is 0 Å². The Kier molecular flexibility index (Phi) is 4.22. The van der Waals surface area contributed by atoms with Crippen LogP contribution in [0.3, 0.4) is 0 Å². The monoisotopic (exact) mass is 401 g/mol. The number of oxazole rings is 1. The largest absolute Gasteiger partial charge is 0.420 e. The summed E-state index contributed by atoms with van der Waals surface area (Å²) in [7, 11) is 0. The molecule has 0 fully saturated rings. The molecule has 3 aromatic carbocycles. The van der Waals surface area contributed by atoms with Gasteiger partial charge in [-0.05, 0) is 36.4 Å². The summed E-state index contributed by atoms with van der Waals surface area (Å²) in [6, 6.07) is 24.1. The van der Waals surface area contributed by atoms with E-state index in [0.717, 1.165) is 10.2 Å². The highest BCUT2D eigenvalue weighted by molar-refractivity contribution is 7.22. The number of nitrogens with zero attached hydrogens (tertiary/aromatic N) is 3. The molecule has 0 atom stereocenters. The van der Waals surface area contributed by atoms with Crippen molar-refractivity contribution in [2.75, 3.05) is 4.90 Å². The highest BCUT2D eigenvalue weighted by Gasteiger charge is 2.23. The Balaban J connectivity index is 1.60. The smallest absolute Gasteiger partial charge is 0.408 e. The third kappa shape index (κ3) is 3.11. The molecule has 0 saturated heterocycles. The van der Waals surface area contributed by atoms with Crippen molar-refractivity contribution in [2.24, 2.45) is 0 Å². The van der Waals surface area contributed by atoms with E-state index >= 15 is 0 Å². The number of benzene rings is 3. The van der Waals surface area contributed by atoms with Gasteiger partial charge in [-0.2, -0.15) is 0 Å². The van der Waals surface area contributed by atoms with Gasteiger partial charge in [-0.1, -0.05) is 53.8 Å². The first-order valence-corrected chi connectivity index (χ1v) is 9.84. The molecule has 6 nitrogen and oxygen atoms in total. The summed E-state index contributed by atoms with van der Waals surface area (Å²) in [4.78, 5) is 31.9. The first kappa shape index (κ1) is 17.4.